The monoisotopic (exact) mass is 348 g/mol. The molecule has 0 saturated carbocycles. The van der Waals surface area contributed by atoms with Gasteiger partial charge in [0, 0.05) is 36.7 Å². The van der Waals surface area contributed by atoms with E-state index in [1.165, 1.54) is 0 Å². The molecule has 132 valence electrons. The molecule has 3 aromatic rings. The lowest BCUT2D eigenvalue weighted by atomic mass is 10.1. The molecule has 0 saturated heterocycles. The number of benzene rings is 2. The molecule has 6 nitrogen and oxygen atoms in total. The fourth-order valence-corrected chi connectivity index (χ4v) is 2.55. The van der Waals surface area contributed by atoms with Crippen LogP contribution in [0.4, 0.5) is 11.5 Å². The molecule has 26 heavy (non-hydrogen) atoms. The van der Waals surface area contributed by atoms with E-state index < -0.39 is 0 Å². The van der Waals surface area contributed by atoms with Gasteiger partial charge in [0.1, 0.15) is 0 Å². The fraction of sp³-hybridized carbons (Fsp3) is 0.150. The molecule has 0 aliphatic heterocycles. The lowest BCUT2D eigenvalue weighted by molar-refractivity contribution is 0.102. The maximum Gasteiger partial charge on any atom is 0.293 e. The minimum Gasteiger partial charge on any atom is -0.361 e. The van der Waals surface area contributed by atoms with Crippen LogP contribution >= 0.6 is 0 Å². The Kier molecular flexibility index (Phi) is 5.43. The minimum atomic E-state index is -0.177. The molecule has 0 aliphatic carbocycles. The molecule has 1 aromatic heterocycles. The Labute approximate surface area is 151 Å². The summed E-state index contributed by atoms with van der Waals surface area (Å²) < 4.78 is 1.58. The van der Waals surface area contributed by atoms with E-state index in [1.807, 2.05) is 49.4 Å². The number of para-hydroxylation sites is 1. The molecule has 3 rings (SSSR count). The van der Waals surface area contributed by atoms with E-state index in [9.17, 15) is 9.59 Å². The number of nitrogens with zero attached hydrogens (tertiary/aromatic N) is 2. The summed E-state index contributed by atoms with van der Waals surface area (Å²) in [6.07, 6.45) is 3.25. The maximum atomic E-state index is 12.4. The van der Waals surface area contributed by atoms with Gasteiger partial charge in [-0.1, -0.05) is 30.3 Å². The normalized spacial score (nSPS) is 10.3. The third-order valence-electron chi connectivity index (χ3n) is 3.94. The SMILES string of the molecule is CCn1ccnc(NCc2cccc(C(=O)Nc3ccccc3)c2)c1=O. The Bertz CT molecular complexity index is 951. The van der Waals surface area contributed by atoms with Crippen molar-refractivity contribution in [2.45, 2.75) is 20.0 Å². The maximum absolute atomic E-state index is 12.4. The molecule has 0 spiro atoms. The number of aromatic nitrogens is 2. The molecule has 0 bridgehead atoms. The van der Waals surface area contributed by atoms with Crippen LogP contribution in [0.15, 0.2) is 71.8 Å². The lowest BCUT2D eigenvalue weighted by Gasteiger charge is -2.09. The second kappa shape index (κ2) is 8.11. The summed E-state index contributed by atoms with van der Waals surface area (Å²) in [7, 11) is 0. The van der Waals surface area contributed by atoms with Crippen LogP contribution in [0.5, 0.6) is 0 Å². The predicted octanol–water partition coefficient (Wildman–Crippen LogP) is 3.13. The zero-order valence-electron chi connectivity index (χ0n) is 14.5. The number of carbonyl (C=O) groups excluding carboxylic acids is 1. The van der Waals surface area contributed by atoms with Gasteiger partial charge in [0.25, 0.3) is 11.5 Å². The molecule has 1 heterocycles. The van der Waals surface area contributed by atoms with Crippen molar-refractivity contribution in [3.8, 4) is 0 Å². The predicted molar refractivity (Wildman–Crippen MR) is 102 cm³/mol. The van der Waals surface area contributed by atoms with Crippen molar-refractivity contribution in [2.75, 3.05) is 10.6 Å². The van der Waals surface area contributed by atoms with Gasteiger partial charge in [-0.15, -0.1) is 0 Å². The molecule has 6 heteroatoms. The van der Waals surface area contributed by atoms with Gasteiger partial charge in [-0.25, -0.2) is 4.98 Å². The molecular weight excluding hydrogens is 328 g/mol. The number of aryl methyl sites for hydroxylation is 1. The number of hydrogen-bond acceptors (Lipinski definition) is 4. The van der Waals surface area contributed by atoms with Crippen LogP contribution in [0.1, 0.15) is 22.8 Å². The number of nitrogens with one attached hydrogen (secondary N) is 2. The zero-order valence-corrected chi connectivity index (χ0v) is 14.5. The van der Waals surface area contributed by atoms with Gasteiger partial charge in [0.15, 0.2) is 5.82 Å². The molecule has 2 aromatic carbocycles. The van der Waals surface area contributed by atoms with Crippen LogP contribution in [-0.4, -0.2) is 15.5 Å². The summed E-state index contributed by atoms with van der Waals surface area (Å²) in [5.74, 6) is 0.123. The smallest absolute Gasteiger partial charge is 0.293 e. The van der Waals surface area contributed by atoms with E-state index >= 15 is 0 Å². The molecular formula is C20H20N4O2. The Balaban J connectivity index is 1.70. The number of carbonyl (C=O) groups is 1. The van der Waals surface area contributed by atoms with Gasteiger partial charge >= 0.3 is 0 Å². The van der Waals surface area contributed by atoms with Crippen molar-refractivity contribution in [3.05, 3.63) is 88.5 Å². The van der Waals surface area contributed by atoms with Crippen LogP contribution in [0.25, 0.3) is 0 Å². The van der Waals surface area contributed by atoms with E-state index in [1.54, 1.807) is 29.1 Å². The van der Waals surface area contributed by atoms with Gasteiger partial charge in [-0.3, -0.25) is 9.59 Å². The highest BCUT2D eigenvalue weighted by molar-refractivity contribution is 6.04. The highest BCUT2D eigenvalue weighted by Gasteiger charge is 2.08. The number of amides is 1. The summed E-state index contributed by atoms with van der Waals surface area (Å²) in [5, 5.41) is 5.90. The number of anilines is 2. The molecule has 0 aliphatic rings. The lowest BCUT2D eigenvalue weighted by Crippen LogP contribution is -2.23. The van der Waals surface area contributed by atoms with Crippen molar-refractivity contribution in [3.63, 3.8) is 0 Å². The van der Waals surface area contributed by atoms with E-state index in [4.69, 9.17) is 0 Å². The van der Waals surface area contributed by atoms with Crippen LogP contribution in [-0.2, 0) is 13.1 Å². The average Bonchev–Trinajstić information content (AvgIpc) is 2.68. The molecule has 0 radical (unpaired) electrons. The second-order valence-corrected chi connectivity index (χ2v) is 5.74. The molecule has 0 fully saturated rings. The summed E-state index contributed by atoms with van der Waals surface area (Å²) in [6, 6.07) is 16.6. The Morgan fingerprint density at radius 1 is 1.12 bits per heavy atom. The molecule has 1 amide bonds. The van der Waals surface area contributed by atoms with E-state index in [0.717, 1.165) is 11.3 Å². The van der Waals surface area contributed by atoms with Crippen molar-refractivity contribution < 1.29 is 4.79 Å². The summed E-state index contributed by atoms with van der Waals surface area (Å²) in [4.78, 5) is 28.6. The van der Waals surface area contributed by atoms with Crippen molar-refractivity contribution in [1.29, 1.82) is 0 Å². The van der Waals surface area contributed by atoms with Crippen molar-refractivity contribution in [2.24, 2.45) is 0 Å². The van der Waals surface area contributed by atoms with Gasteiger partial charge in [0.2, 0.25) is 0 Å². The highest BCUT2D eigenvalue weighted by atomic mass is 16.1. The van der Waals surface area contributed by atoms with Crippen LogP contribution in [0.3, 0.4) is 0 Å². The summed E-state index contributed by atoms with van der Waals surface area (Å²) >= 11 is 0. The third kappa shape index (κ3) is 4.16. The van der Waals surface area contributed by atoms with Crippen molar-refractivity contribution in [1.82, 2.24) is 9.55 Å². The second-order valence-electron chi connectivity index (χ2n) is 5.74. The number of hydrogen-bond donors (Lipinski definition) is 2. The summed E-state index contributed by atoms with van der Waals surface area (Å²) in [5.41, 5.74) is 2.03. The fourth-order valence-electron chi connectivity index (χ4n) is 2.55. The Morgan fingerprint density at radius 3 is 2.69 bits per heavy atom. The first-order chi connectivity index (χ1) is 12.7. The molecule has 0 unspecified atom stereocenters. The third-order valence-corrected chi connectivity index (χ3v) is 3.94. The molecule has 2 N–H and O–H groups in total. The minimum absolute atomic E-state index is 0.159. The zero-order chi connectivity index (χ0) is 18.4. The van der Waals surface area contributed by atoms with Gasteiger partial charge in [-0.2, -0.15) is 0 Å². The molecule has 0 atom stereocenters. The summed E-state index contributed by atoms with van der Waals surface area (Å²) in [6.45, 7) is 2.90. The largest absolute Gasteiger partial charge is 0.361 e. The van der Waals surface area contributed by atoms with Crippen LogP contribution in [0.2, 0.25) is 0 Å². The van der Waals surface area contributed by atoms with E-state index in [-0.39, 0.29) is 11.5 Å². The standard InChI is InChI=1S/C20H20N4O2/c1-2-24-12-11-21-18(20(24)26)22-14-15-7-6-8-16(13-15)19(25)23-17-9-4-3-5-10-17/h3-13H,2,14H2,1H3,(H,21,22)(H,23,25). The van der Waals surface area contributed by atoms with Crippen LogP contribution < -0.4 is 16.2 Å². The van der Waals surface area contributed by atoms with Gasteiger partial charge < -0.3 is 15.2 Å². The first-order valence-corrected chi connectivity index (χ1v) is 8.42. The number of rotatable bonds is 6. The van der Waals surface area contributed by atoms with Gasteiger partial charge in [-0.05, 0) is 36.8 Å². The Hall–Kier alpha value is -3.41. The average molecular weight is 348 g/mol. The van der Waals surface area contributed by atoms with E-state index in [0.29, 0.717) is 24.5 Å². The van der Waals surface area contributed by atoms with E-state index in [2.05, 4.69) is 15.6 Å². The van der Waals surface area contributed by atoms with Crippen molar-refractivity contribution >= 4 is 17.4 Å². The Morgan fingerprint density at radius 2 is 1.92 bits per heavy atom. The topological polar surface area (TPSA) is 76.0 Å². The van der Waals surface area contributed by atoms with Gasteiger partial charge in [0.05, 0.1) is 0 Å². The highest BCUT2D eigenvalue weighted by Crippen LogP contribution is 2.11. The first-order valence-electron chi connectivity index (χ1n) is 8.42. The quantitative estimate of drug-likeness (QED) is 0.718. The van der Waals surface area contributed by atoms with Crippen LogP contribution in [0, 0.1) is 0 Å². The first kappa shape index (κ1) is 17.4.